The predicted molar refractivity (Wildman–Crippen MR) is 103 cm³/mol. The molecule has 0 unspecified atom stereocenters. The minimum atomic E-state index is 1.13. The van der Waals surface area contributed by atoms with E-state index in [0.29, 0.717) is 0 Å². The second-order valence-electron chi connectivity index (χ2n) is 7.08. The van der Waals surface area contributed by atoms with Crippen molar-refractivity contribution in [1.82, 2.24) is 4.57 Å². The van der Waals surface area contributed by atoms with Crippen LogP contribution in [0.2, 0.25) is 0 Å². The van der Waals surface area contributed by atoms with E-state index in [9.17, 15) is 0 Å². The Hall–Kier alpha value is -1.57. The topological polar surface area (TPSA) is 8.81 Å². The first-order chi connectivity index (χ1) is 11.8. The lowest BCUT2D eigenvalue weighted by Crippen LogP contribution is -2.30. The third kappa shape index (κ3) is 6.90. The van der Waals surface area contributed by atoms with Crippen molar-refractivity contribution in [2.75, 3.05) is 0 Å². The number of unbranched alkanes of at least 4 members (excludes halogenated alkanes) is 9. The lowest BCUT2D eigenvalue weighted by molar-refractivity contribution is -0.696. The van der Waals surface area contributed by atoms with E-state index in [2.05, 4.69) is 66.0 Å². The molecule has 0 aliphatic carbocycles. The van der Waals surface area contributed by atoms with Crippen molar-refractivity contribution < 1.29 is 4.57 Å². The van der Waals surface area contributed by atoms with E-state index in [1.807, 2.05) is 0 Å². The molecular formula is C22H35N2+. The van der Waals surface area contributed by atoms with E-state index in [4.69, 9.17) is 0 Å². The van der Waals surface area contributed by atoms with Crippen LogP contribution < -0.4 is 4.57 Å². The molecule has 1 aromatic heterocycles. The second-order valence-corrected chi connectivity index (χ2v) is 7.08. The molecule has 2 aromatic rings. The average Bonchev–Trinajstić information content (AvgIpc) is 3.05. The van der Waals surface area contributed by atoms with Gasteiger partial charge in [-0.2, -0.15) is 0 Å². The Morgan fingerprint density at radius 1 is 0.875 bits per heavy atom. The van der Waals surface area contributed by atoms with E-state index in [1.165, 1.54) is 75.5 Å². The van der Waals surface area contributed by atoms with Crippen LogP contribution in [0.25, 0.3) is 5.69 Å². The largest absolute Gasteiger partial charge is 0.248 e. The first-order valence-corrected chi connectivity index (χ1v) is 9.93. The third-order valence-electron chi connectivity index (χ3n) is 4.76. The van der Waals surface area contributed by atoms with Gasteiger partial charge < -0.3 is 0 Å². The Morgan fingerprint density at radius 3 is 2.21 bits per heavy atom. The summed E-state index contributed by atoms with van der Waals surface area (Å²) in [4.78, 5) is 0. The fourth-order valence-corrected chi connectivity index (χ4v) is 3.25. The van der Waals surface area contributed by atoms with Crippen molar-refractivity contribution in [2.24, 2.45) is 0 Å². The van der Waals surface area contributed by atoms with E-state index in [0.717, 1.165) is 6.54 Å². The van der Waals surface area contributed by atoms with Gasteiger partial charge in [-0.1, -0.05) is 70.4 Å². The number of hydrogen-bond donors (Lipinski definition) is 0. The minimum absolute atomic E-state index is 1.13. The highest BCUT2D eigenvalue weighted by Gasteiger charge is 2.06. The van der Waals surface area contributed by atoms with E-state index >= 15 is 0 Å². The van der Waals surface area contributed by atoms with E-state index < -0.39 is 0 Å². The Balaban J connectivity index is 1.57. The third-order valence-corrected chi connectivity index (χ3v) is 4.76. The molecule has 2 heteroatoms. The zero-order valence-corrected chi connectivity index (χ0v) is 15.7. The number of benzene rings is 1. The first kappa shape index (κ1) is 18.8. The summed E-state index contributed by atoms with van der Waals surface area (Å²) in [5.41, 5.74) is 2.55. The maximum absolute atomic E-state index is 2.31. The maximum atomic E-state index is 2.31. The van der Waals surface area contributed by atoms with Gasteiger partial charge in [0.1, 0.15) is 18.1 Å². The molecule has 0 bridgehead atoms. The normalized spacial score (nSPS) is 11.1. The summed E-state index contributed by atoms with van der Waals surface area (Å²) in [5.74, 6) is 0. The number of aromatic nitrogens is 2. The molecule has 0 saturated heterocycles. The molecule has 0 radical (unpaired) electrons. The van der Waals surface area contributed by atoms with Gasteiger partial charge in [-0.15, -0.1) is 0 Å². The standard InChI is InChI=1S/C22H35N2/c1-3-4-5-6-7-8-9-10-11-12-16-23-17-18-24(20-23)22-15-13-14-21(2)19-22/h13-15,17-20H,3-12,16H2,1-2H3/q+1. The van der Waals surface area contributed by atoms with Crippen molar-refractivity contribution >= 4 is 0 Å². The van der Waals surface area contributed by atoms with Gasteiger partial charge >= 0.3 is 0 Å². The number of aryl methyl sites for hydroxylation is 2. The number of imidazole rings is 1. The number of rotatable bonds is 12. The lowest BCUT2D eigenvalue weighted by Gasteiger charge is -2.01. The number of nitrogens with zero attached hydrogens (tertiary/aromatic N) is 2. The van der Waals surface area contributed by atoms with Crippen molar-refractivity contribution in [3.05, 3.63) is 48.5 Å². The molecule has 1 aromatic carbocycles. The van der Waals surface area contributed by atoms with Crippen LogP contribution in [0.5, 0.6) is 0 Å². The molecule has 0 saturated carbocycles. The highest BCUT2D eigenvalue weighted by Crippen LogP contribution is 2.11. The molecule has 0 aliphatic heterocycles. The molecule has 2 rings (SSSR count). The molecule has 0 aliphatic rings. The van der Waals surface area contributed by atoms with Gasteiger partial charge in [0, 0.05) is 0 Å². The number of hydrogen-bond acceptors (Lipinski definition) is 0. The van der Waals surface area contributed by atoms with E-state index in [-0.39, 0.29) is 0 Å². The summed E-state index contributed by atoms with van der Waals surface area (Å²) in [6.45, 7) is 5.56. The van der Waals surface area contributed by atoms with Gasteiger partial charge in [0.2, 0.25) is 6.33 Å². The fraction of sp³-hybridized carbons (Fsp3) is 0.591. The molecule has 2 nitrogen and oxygen atoms in total. The first-order valence-electron chi connectivity index (χ1n) is 9.93. The van der Waals surface area contributed by atoms with Crippen molar-refractivity contribution in [3.63, 3.8) is 0 Å². The van der Waals surface area contributed by atoms with Crippen LogP contribution in [0.4, 0.5) is 0 Å². The Bertz CT molecular complexity index is 571. The fourth-order valence-electron chi connectivity index (χ4n) is 3.25. The lowest BCUT2D eigenvalue weighted by atomic mass is 10.1. The maximum Gasteiger partial charge on any atom is 0.248 e. The highest BCUT2D eigenvalue weighted by molar-refractivity contribution is 5.34. The molecule has 132 valence electrons. The molecule has 0 amide bonds. The predicted octanol–water partition coefficient (Wildman–Crippen LogP) is 5.99. The summed E-state index contributed by atoms with van der Waals surface area (Å²) in [5, 5.41) is 0. The van der Waals surface area contributed by atoms with Crippen molar-refractivity contribution in [2.45, 2.75) is 84.6 Å². The SMILES string of the molecule is CCCCCCCCCCCC[n+]1ccn(-c2cccc(C)c2)c1. The Labute approximate surface area is 148 Å². The summed E-state index contributed by atoms with van der Waals surface area (Å²) in [6, 6.07) is 8.66. The smallest absolute Gasteiger partial charge is 0.236 e. The van der Waals surface area contributed by atoms with Gasteiger partial charge in [0.15, 0.2) is 0 Å². The Kier molecular flexibility index (Phi) is 8.65. The van der Waals surface area contributed by atoms with E-state index in [1.54, 1.807) is 0 Å². The van der Waals surface area contributed by atoms with Crippen LogP contribution in [0, 0.1) is 6.92 Å². The summed E-state index contributed by atoms with van der Waals surface area (Å²) in [6.07, 6.45) is 20.5. The molecule has 0 fully saturated rings. The van der Waals surface area contributed by atoms with Gasteiger partial charge in [-0.3, -0.25) is 0 Å². The Morgan fingerprint density at radius 2 is 1.54 bits per heavy atom. The molecule has 1 heterocycles. The molecule has 24 heavy (non-hydrogen) atoms. The quantitative estimate of drug-likeness (QED) is 0.334. The van der Waals surface area contributed by atoms with Crippen molar-refractivity contribution in [3.8, 4) is 5.69 Å². The molecule has 0 N–H and O–H groups in total. The van der Waals surface area contributed by atoms with Crippen LogP contribution in [0.3, 0.4) is 0 Å². The van der Waals surface area contributed by atoms with Crippen LogP contribution in [0.15, 0.2) is 43.0 Å². The van der Waals surface area contributed by atoms with Gasteiger partial charge in [-0.05, 0) is 37.5 Å². The van der Waals surface area contributed by atoms with Crippen LogP contribution in [-0.4, -0.2) is 4.57 Å². The van der Waals surface area contributed by atoms with Crippen LogP contribution in [0.1, 0.15) is 76.7 Å². The molecule has 0 spiro atoms. The molecule has 0 atom stereocenters. The van der Waals surface area contributed by atoms with Gasteiger partial charge in [-0.25, -0.2) is 9.13 Å². The average molecular weight is 328 g/mol. The van der Waals surface area contributed by atoms with Gasteiger partial charge in [0.05, 0.1) is 6.54 Å². The zero-order valence-electron chi connectivity index (χ0n) is 15.7. The van der Waals surface area contributed by atoms with Crippen molar-refractivity contribution in [1.29, 1.82) is 0 Å². The summed E-state index contributed by atoms with van der Waals surface area (Å²) < 4.78 is 4.52. The summed E-state index contributed by atoms with van der Waals surface area (Å²) >= 11 is 0. The zero-order chi connectivity index (χ0) is 17.0. The summed E-state index contributed by atoms with van der Waals surface area (Å²) in [7, 11) is 0. The highest BCUT2D eigenvalue weighted by atomic mass is 15.1. The minimum Gasteiger partial charge on any atom is -0.236 e. The van der Waals surface area contributed by atoms with Crippen LogP contribution >= 0.6 is 0 Å². The van der Waals surface area contributed by atoms with Crippen LogP contribution in [-0.2, 0) is 6.54 Å². The molecular weight excluding hydrogens is 292 g/mol. The second kappa shape index (κ2) is 11.1. The van der Waals surface area contributed by atoms with Gasteiger partial charge in [0.25, 0.3) is 0 Å². The monoisotopic (exact) mass is 327 g/mol.